The predicted octanol–water partition coefficient (Wildman–Crippen LogP) is 2.45. The Bertz CT molecular complexity index is 664. The molecule has 1 heterocycles. The number of benzene rings is 1. The summed E-state index contributed by atoms with van der Waals surface area (Å²) in [7, 11) is 3.14. The summed E-state index contributed by atoms with van der Waals surface area (Å²) in [5, 5.41) is 6.11. The Balaban J connectivity index is 1.99. The molecule has 0 aliphatic heterocycles. The number of hydrogen-bond donors (Lipinski definition) is 2. The quantitative estimate of drug-likeness (QED) is 0.755. The molecule has 0 bridgehead atoms. The van der Waals surface area contributed by atoms with Crippen LogP contribution in [-0.4, -0.2) is 43.2 Å². The molecule has 0 aliphatic rings. The Labute approximate surface area is 139 Å². The highest BCUT2D eigenvalue weighted by molar-refractivity contribution is 6.32. The number of rotatable bonds is 7. The van der Waals surface area contributed by atoms with Gasteiger partial charge in [0, 0.05) is 31.7 Å². The highest BCUT2D eigenvalue weighted by Gasteiger charge is 2.09. The number of carbonyl (C=O) groups excluding carboxylic acids is 1. The first kappa shape index (κ1) is 17.0. The fraction of sp³-hybridized carbons (Fsp3) is 0.267. The van der Waals surface area contributed by atoms with Crippen LogP contribution in [0.4, 0.5) is 11.6 Å². The van der Waals surface area contributed by atoms with E-state index in [1.54, 1.807) is 25.3 Å². The predicted molar refractivity (Wildman–Crippen MR) is 88.4 cm³/mol. The van der Waals surface area contributed by atoms with E-state index < -0.39 is 0 Å². The minimum absolute atomic E-state index is 0.324. The zero-order chi connectivity index (χ0) is 16.7. The Morgan fingerprint density at radius 2 is 2.00 bits per heavy atom. The third-order valence-corrected chi connectivity index (χ3v) is 3.21. The molecule has 1 amide bonds. The molecular weight excluding hydrogens is 320 g/mol. The van der Waals surface area contributed by atoms with Crippen molar-refractivity contribution in [3.8, 4) is 5.75 Å². The van der Waals surface area contributed by atoms with Crippen LogP contribution >= 0.6 is 11.6 Å². The highest BCUT2D eigenvalue weighted by atomic mass is 35.5. The molecule has 0 saturated heterocycles. The maximum Gasteiger partial charge on any atom is 0.258 e. The van der Waals surface area contributed by atoms with Crippen LogP contribution in [0.5, 0.6) is 5.75 Å². The van der Waals surface area contributed by atoms with Crippen molar-refractivity contribution in [1.82, 2.24) is 9.97 Å². The molecular formula is C15H17ClN4O3. The van der Waals surface area contributed by atoms with Gasteiger partial charge in [-0.2, -0.15) is 0 Å². The normalized spacial score (nSPS) is 10.2. The molecule has 0 spiro atoms. The number of nitrogens with zero attached hydrogens (tertiary/aromatic N) is 2. The molecule has 1 aromatic carbocycles. The molecule has 0 radical (unpaired) electrons. The number of aromatic nitrogens is 2. The van der Waals surface area contributed by atoms with Gasteiger partial charge in [-0.05, 0) is 18.2 Å². The van der Waals surface area contributed by atoms with E-state index in [4.69, 9.17) is 21.1 Å². The van der Waals surface area contributed by atoms with Crippen molar-refractivity contribution in [1.29, 1.82) is 0 Å². The SMILES string of the molecule is COCCNc1ncc(C(=O)Nc2ccc(OC)c(Cl)c2)cn1. The van der Waals surface area contributed by atoms with E-state index in [0.717, 1.165) is 0 Å². The Morgan fingerprint density at radius 3 is 2.61 bits per heavy atom. The molecule has 0 atom stereocenters. The molecule has 2 rings (SSSR count). The number of anilines is 2. The van der Waals surface area contributed by atoms with E-state index in [1.165, 1.54) is 19.5 Å². The lowest BCUT2D eigenvalue weighted by Gasteiger charge is -2.08. The van der Waals surface area contributed by atoms with Crippen molar-refractivity contribution in [3.63, 3.8) is 0 Å². The van der Waals surface area contributed by atoms with Gasteiger partial charge in [0.1, 0.15) is 5.75 Å². The minimum Gasteiger partial charge on any atom is -0.495 e. The number of ether oxygens (including phenoxy) is 2. The van der Waals surface area contributed by atoms with Gasteiger partial charge in [-0.3, -0.25) is 4.79 Å². The van der Waals surface area contributed by atoms with Crippen molar-refractivity contribution in [2.45, 2.75) is 0 Å². The van der Waals surface area contributed by atoms with E-state index in [9.17, 15) is 4.79 Å². The molecule has 0 fully saturated rings. The van der Waals surface area contributed by atoms with Gasteiger partial charge < -0.3 is 20.1 Å². The van der Waals surface area contributed by atoms with Crippen molar-refractivity contribution in [2.24, 2.45) is 0 Å². The second-order valence-electron chi connectivity index (χ2n) is 4.52. The molecule has 23 heavy (non-hydrogen) atoms. The number of amides is 1. The average molecular weight is 337 g/mol. The summed E-state index contributed by atoms with van der Waals surface area (Å²) in [4.78, 5) is 20.3. The van der Waals surface area contributed by atoms with Crippen LogP contribution in [0.25, 0.3) is 0 Å². The second-order valence-corrected chi connectivity index (χ2v) is 4.93. The summed E-state index contributed by atoms with van der Waals surface area (Å²) >= 11 is 6.02. The monoisotopic (exact) mass is 336 g/mol. The summed E-state index contributed by atoms with van der Waals surface area (Å²) in [6, 6.07) is 4.99. The fourth-order valence-electron chi connectivity index (χ4n) is 1.75. The minimum atomic E-state index is -0.324. The van der Waals surface area contributed by atoms with Crippen LogP contribution in [0.1, 0.15) is 10.4 Å². The molecule has 0 aliphatic carbocycles. The molecule has 1 aromatic heterocycles. The number of halogens is 1. The smallest absolute Gasteiger partial charge is 0.258 e. The summed E-state index contributed by atoms with van der Waals surface area (Å²) < 4.78 is 9.98. The highest BCUT2D eigenvalue weighted by Crippen LogP contribution is 2.27. The maximum absolute atomic E-state index is 12.1. The van der Waals surface area contributed by atoms with Crippen LogP contribution < -0.4 is 15.4 Å². The first-order valence-corrected chi connectivity index (χ1v) is 7.21. The van der Waals surface area contributed by atoms with Gasteiger partial charge in [-0.15, -0.1) is 0 Å². The van der Waals surface area contributed by atoms with Gasteiger partial charge >= 0.3 is 0 Å². The molecule has 0 saturated carbocycles. The summed E-state index contributed by atoms with van der Waals surface area (Å²) in [6.45, 7) is 1.14. The molecule has 0 unspecified atom stereocenters. The standard InChI is InChI=1S/C15H17ClN4O3/c1-22-6-5-17-15-18-8-10(9-19-15)14(21)20-11-3-4-13(23-2)12(16)7-11/h3-4,7-9H,5-6H2,1-2H3,(H,20,21)(H,17,18,19). The zero-order valence-corrected chi connectivity index (χ0v) is 13.6. The number of hydrogen-bond acceptors (Lipinski definition) is 6. The van der Waals surface area contributed by atoms with Crippen LogP contribution in [0.2, 0.25) is 5.02 Å². The van der Waals surface area contributed by atoms with Gasteiger partial charge in [0.05, 0.1) is 24.3 Å². The van der Waals surface area contributed by atoms with Gasteiger partial charge in [-0.1, -0.05) is 11.6 Å². The van der Waals surface area contributed by atoms with E-state index in [-0.39, 0.29) is 5.91 Å². The van der Waals surface area contributed by atoms with E-state index in [2.05, 4.69) is 20.6 Å². The van der Waals surface area contributed by atoms with E-state index in [0.29, 0.717) is 41.1 Å². The first-order valence-electron chi connectivity index (χ1n) is 6.83. The molecule has 7 nitrogen and oxygen atoms in total. The zero-order valence-electron chi connectivity index (χ0n) is 12.8. The molecule has 2 N–H and O–H groups in total. The van der Waals surface area contributed by atoms with Gasteiger partial charge in [0.15, 0.2) is 0 Å². The lowest BCUT2D eigenvalue weighted by atomic mass is 10.2. The lowest BCUT2D eigenvalue weighted by molar-refractivity contribution is 0.102. The Hall–Kier alpha value is -2.38. The van der Waals surface area contributed by atoms with Crippen LogP contribution in [-0.2, 0) is 4.74 Å². The average Bonchev–Trinajstić information content (AvgIpc) is 2.56. The van der Waals surface area contributed by atoms with Gasteiger partial charge in [-0.25, -0.2) is 9.97 Å². The Morgan fingerprint density at radius 1 is 1.26 bits per heavy atom. The maximum atomic E-state index is 12.1. The van der Waals surface area contributed by atoms with Crippen molar-refractivity contribution in [3.05, 3.63) is 41.2 Å². The third-order valence-electron chi connectivity index (χ3n) is 2.91. The van der Waals surface area contributed by atoms with E-state index >= 15 is 0 Å². The van der Waals surface area contributed by atoms with Crippen molar-refractivity contribution < 1.29 is 14.3 Å². The topological polar surface area (TPSA) is 85.4 Å². The molecule has 122 valence electrons. The van der Waals surface area contributed by atoms with Crippen LogP contribution in [0.3, 0.4) is 0 Å². The number of carbonyl (C=O) groups is 1. The Kier molecular flexibility index (Phi) is 6.13. The summed E-state index contributed by atoms with van der Waals surface area (Å²) in [5.41, 5.74) is 0.900. The number of nitrogens with one attached hydrogen (secondary N) is 2. The second kappa shape index (κ2) is 8.30. The largest absolute Gasteiger partial charge is 0.495 e. The van der Waals surface area contributed by atoms with Crippen LogP contribution in [0.15, 0.2) is 30.6 Å². The van der Waals surface area contributed by atoms with Crippen molar-refractivity contribution >= 4 is 29.1 Å². The fourth-order valence-corrected chi connectivity index (χ4v) is 2.01. The van der Waals surface area contributed by atoms with E-state index in [1.807, 2.05) is 0 Å². The third kappa shape index (κ3) is 4.80. The lowest BCUT2D eigenvalue weighted by Crippen LogP contribution is -2.14. The summed E-state index contributed by atoms with van der Waals surface area (Å²) in [6.07, 6.45) is 2.89. The van der Waals surface area contributed by atoms with Crippen molar-refractivity contribution in [2.75, 3.05) is 38.0 Å². The number of methoxy groups -OCH3 is 2. The van der Waals surface area contributed by atoms with Gasteiger partial charge in [0.25, 0.3) is 5.91 Å². The van der Waals surface area contributed by atoms with Crippen LogP contribution in [0, 0.1) is 0 Å². The molecule has 8 heteroatoms. The first-order chi connectivity index (χ1) is 11.1. The summed E-state index contributed by atoms with van der Waals surface area (Å²) in [5.74, 6) is 0.653. The molecule has 2 aromatic rings. The van der Waals surface area contributed by atoms with Gasteiger partial charge in [0.2, 0.25) is 5.95 Å².